The number of nitrogens with one attached hydrogen (secondary N) is 1. The zero-order valence-corrected chi connectivity index (χ0v) is 9.80. The molecule has 0 aliphatic rings. The molecule has 0 aromatic carbocycles. The van der Waals surface area contributed by atoms with E-state index in [1.807, 2.05) is 13.8 Å². The second-order valence-corrected chi connectivity index (χ2v) is 4.30. The molecule has 3 N–H and O–H groups in total. The Morgan fingerprint density at radius 2 is 2.27 bits per heavy atom. The van der Waals surface area contributed by atoms with E-state index in [1.165, 1.54) is 11.3 Å². The Labute approximate surface area is 93.1 Å². The van der Waals surface area contributed by atoms with Gasteiger partial charge in [0.2, 0.25) is 11.0 Å². The van der Waals surface area contributed by atoms with E-state index in [2.05, 4.69) is 15.5 Å². The molecule has 0 saturated heterocycles. The lowest BCUT2D eigenvalue weighted by molar-refractivity contribution is -0.117. The molecule has 0 spiro atoms. The van der Waals surface area contributed by atoms with Crippen LogP contribution in [0.25, 0.3) is 0 Å². The van der Waals surface area contributed by atoms with Crippen molar-refractivity contribution in [3.05, 3.63) is 5.01 Å². The van der Waals surface area contributed by atoms with E-state index in [1.54, 1.807) is 0 Å². The van der Waals surface area contributed by atoms with Gasteiger partial charge in [0.15, 0.2) is 0 Å². The summed E-state index contributed by atoms with van der Waals surface area (Å²) in [5.41, 5.74) is 5.66. The minimum atomic E-state index is -0.455. The second-order valence-electron chi connectivity index (χ2n) is 3.24. The SMILES string of the molecule is CCC[C@@H](N)C(=O)Nc1nnc(CC)s1. The van der Waals surface area contributed by atoms with Crippen LogP contribution in [-0.2, 0) is 11.2 Å². The summed E-state index contributed by atoms with van der Waals surface area (Å²) in [5.74, 6) is -0.185. The molecule has 0 unspecified atom stereocenters. The number of carbonyl (C=O) groups is 1. The molecule has 1 aromatic heterocycles. The van der Waals surface area contributed by atoms with E-state index in [-0.39, 0.29) is 5.91 Å². The summed E-state index contributed by atoms with van der Waals surface area (Å²) in [6, 6.07) is -0.455. The highest BCUT2D eigenvalue weighted by Gasteiger charge is 2.14. The number of aromatic nitrogens is 2. The van der Waals surface area contributed by atoms with Crippen molar-refractivity contribution in [2.45, 2.75) is 39.2 Å². The first-order valence-electron chi connectivity index (χ1n) is 5.06. The van der Waals surface area contributed by atoms with Gasteiger partial charge in [-0.2, -0.15) is 0 Å². The molecule has 0 aliphatic heterocycles. The highest BCUT2D eigenvalue weighted by molar-refractivity contribution is 7.15. The minimum Gasteiger partial charge on any atom is -0.320 e. The summed E-state index contributed by atoms with van der Waals surface area (Å²) in [6.45, 7) is 3.99. The van der Waals surface area contributed by atoms with Crippen LogP contribution in [0.1, 0.15) is 31.7 Å². The number of hydrogen-bond donors (Lipinski definition) is 2. The molecule has 0 bridgehead atoms. The molecule has 84 valence electrons. The van der Waals surface area contributed by atoms with Gasteiger partial charge < -0.3 is 5.73 Å². The fourth-order valence-electron chi connectivity index (χ4n) is 1.09. The van der Waals surface area contributed by atoms with Gasteiger partial charge in [0.1, 0.15) is 5.01 Å². The van der Waals surface area contributed by atoms with Crippen molar-refractivity contribution in [2.75, 3.05) is 5.32 Å². The number of carbonyl (C=O) groups excluding carboxylic acids is 1. The maximum atomic E-state index is 11.5. The Kier molecular flexibility index (Phi) is 4.64. The first-order chi connectivity index (χ1) is 7.17. The third-order valence-corrected chi connectivity index (χ3v) is 2.92. The Morgan fingerprint density at radius 3 is 2.80 bits per heavy atom. The van der Waals surface area contributed by atoms with Crippen molar-refractivity contribution in [1.82, 2.24) is 10.2 Å². The molecular weight excluding hydrogens is 212 g/mol. The summed E-state index contributed by atoms with van der Waals surface area (Å²) < 4.78 is 0. The Hall–Kier alpha value is -1.01. The highest BCUT2D eigenvalue weighted by Crippen LogP contribution is 2.15. The van der Waals surface area contributed by atoms with Gasteiger partial charge >= 0.3 is 0 Å². The van der Waals surface area contributed by atoms with Crippen LogP contribution in [-0.4, -0.2) is 22.1 Å². The molecule has 0 saturated carbocycles. The first-order valence-corrected chi connectivity index (χ1v) is 5.87. The van der Waals surface area contributed by atoms with E-state index < -0.39 is 6.04 Å². The Morgan fingerprint density at radius 1 is 1.53 bits per heavy atom. The number of nitrogens with two attached hydrogens (primary N) is 1. The van der Waals surface area contributed by atoms with Gasteiger partial charge in [-0.25, -0.2) is 0 Å². The van der Waals surface area contributed by atoms with Crippen LogP contribution in [0.2, 0.25) is 0 Å². The predicted molar refractivity (Wildman–Crippen MR) is 60.8 cm³/mol. The molecule has 1 heterocycles. The molecular formula is C9H16N4OS. The number of rotatable bonds is 5. The van der Waals surface area contributed by atoms with Crippen LogP contribution in [0.15, 0.2) is 0 Å². The third-order valence-electron chi connectivity index (χ3n) is 1.94. The summed E-state index contributed by atoms with van der Waals surface area (Å²) >= 11 is 1.39. The van der Waals surface area contributed by atoms with Gasteiger partial charge in [0.25, 0.3) is 0 Å². The summed E-state index contributed by atoms with van der Waals surface area (Å²) in [5, 5.41) is 11.9. The third kappa shape index (κ3) is 3.56. The van der Waals surface area contributed by atoms with E-state index in [4.69, 9.17) is 5.73 Å². The van der Waals surface area contributed by atoms with Crippen molar-refractivity contribution in [1.29, 1.82) is 0 Å². The quantitative estimate of drug-likeness (QED) is 0.792. The van der Waals surface area contributed by atoms with Crippen LogP contribution < -0.4 is 11.1 Å². The van der Waals surface area contributed by atoms with E-state index in [0.29, 0.717) is 11.6 Å². The van der Waals surface area contributed by atoms with Crippen LogP contribution in [0.5, 0.6) is 0 Å². The average Bonchev–Trinajstić information content (AvgIpc) is 2.66. The Balaban J connectivity index is 2.50. The van der Waals surface area contributed by atoms with Gasteiger partial charge in [-0.3, -0.25) is 10.1 Å². The summed E-state index contributed by atoms with van der Waals surface area (Å²) in [7, 11) is 0. The standard InChI is InChI=1S/C9H16N4OS/c1-3-5-6(10)8(14)11-9-13-12-7(4-2)15-9/h6H,3-5,10H2,1-2H3,(H,11,13,14)/t6-/m1/s1. The summed E-state index contributed by atoms with van der Waals surface area (Å²) in [6.07, 6.45) is 2.41. The van der Waals surface area contributed by atoms with Crippen molar-refractivity contribution in [2.24, 2.45) is 5.73 Å². The molecule has 1 aromatic rings. The molecule has 0 radical (unpaired) electrons. The van der Waals surface area contributed by atoms with Crippen LogP contribution in [0.4, 0.5) is 5.13 Å². The maximum Gasteiger partial charge on any atom is 0.243 e. The number of hydrogen-bond acceptors (Lipinski definition) is 5. The lowest BCUT2D eigenvalue weighted by Gasteiger charge is -2.08. The normalized spacial score (nSPS) is 12.5. The van der Waals surface area contributed by atoms with Crippen molar-refractivity contribution >= 4 is 22.4 Å². The molecule has 5 nitrogen and oxygen atoms in total. The Bertz CT molecular complexity index is 326. The van der Waals surface area contributed by atoms with E-state index >= 15 is 0 Å². The van der Waals surface area contributed by atoms with Gasteiger partial charge in [-0.15, -0.1) is 10.2 Å². The van der Waals surface area contributed by atoms with Gasteiger partial charge in [-0.05, 0) is 12.8 Å². The number of nitrogens with zero attached hydrogens (tertiary/aromatic N) is 2. The lowest BCUT2D eigenvalue weighted by Crippen LogP contribution is -2.35. The van der Waals surface area contributed by atoms with E-state index in [0.717, 1.165) is 17.8 Å². The lowest BCUT2D eigenvalue weighted by atomic mass is 10.2. The van der Waals surface area contributed by atoms with E-state index in [9.17, 15) is 4.79 Å². The van der Waals surface area contributed by atoms with Crippen LogP contribution >= 0.6 is 11.3 Å². The smallest absolute Gasteiger partial charge is 0.243 e. The molecule has 15 heavy (non-hydrogen) atoms. The first kappa shape index (κ1) is 12.1. The summed E-state index contributed by atoms with van der Waals surface area (Å²) in [4.78, 5) is 11.5. The largest absolute Gasteiger partial charge is 0.320 e. The fourth-order valence-corrected chi connectivity index (χ4v) is 1.77. The van der Waals surface area contributed by atoms with Crippen LogP contribution in [0, 0.1) is 0 Å². The van der Waals surface area contributed by atoms with Crippen molar-refractivity contribution in [3.8, 4) is 0 Å². The number of amides is 1. The zero-order valence-electron chi connectivity index (χ0n) is 8.99. The van der Waals surface area contributed by atoms with Gasteiger partial charge in [0.05, 0.1) is 6.04 Å². The molecule has 1 rings (SSSR count). The predicted octanol–water partition coefficient (Wildman–Crippen LogP) is 1.17. The monoisotopic (exact) mass is 228 g/mol. The van der Waals surface area contributed by atoms with Gasteiger partial charge in [-0.1, -0.05) is 31.6 Å². The van der Waals surface area contributed by atoms with Gasteiger partial charge in [0, 0.05) is 0 Å². The molecule has 0 fully saturated rings. The minimum absolute atomic E-state index is 0.185. The topological polar surface area (TPSA) is 80.9 Å². The molecule has 1 atom stereocenters. The van der Waals surface area contributed by atoms with Crippen molar-refractivity contribution < 1.29 is 4.79 Å². The number of anilines is 1. The molecule has 1 amide bonds. The average molecular weight is 228 g/mol. The van der Waals surface area contributed by atoms with Crippen LogP contribution in [0.3, 0.4) is 0 Å². The van der Waals surface area contributed by atoms with Crippen molar-refractivity contribution in [3.63, 3.8) is 0 Å². The number of aryl methyl sites for hydroxylation is 1. The maximum absolute atomic E-state index is 11.5. The molecule has 6 heteroatoms. The second kappa shape index (κ2) is 5.77. The zero-order chi connectivity index (χ0) is 11.3. The fraction of sp³-hybridized carbons (Fsp3) is 0.667. The highest BCUT2D eigenvalue weighted by atomic mass is 32.1. The molecule has 0 aliphatic carbocycles.